The van der Waals surface area contributed by atoms with Gasteiger partial charge in [0.15, 0.2) is 11.6 Å². The van der Waals surface area contributed by atoms with Crippen molar-refractivity contribution in [3.05, 3.63) is 115 Å². The van der Waals surface area contributed by atoms with E-state index < -0.39 is 0 Å². The van der Waals surface area contributed by atoms with Crippen LogP contribution in [0.15, 0.2) is 48.5 Å². The summed E-state index contributed by atoms with van der Waals surface area (Å²) in [4.78, 5) is 41.2. The molecule has 2 aliphatic rings. The molecule has 0 unspecified atom stereocenters. The van der Waals surface area contributed by atoms with Gasteiger partial charge in [-0.15, -0.1) is 34.3 Å². The monoisotopic (exact) mass is 985 g/mol. The fourth-order valence-electron chi connectivity index (χ4n) is 10.2. The molecule has 15 heteroatoms. The Kier molecular flexibility index (Phi) is 14.1. The smallest absolute Gasteiger partial charge is 0.236 e. The van der Waals surface area contributed by atoms with E-state index in [9.17, 15) is 4.79 Å². The maximum atomic E-state index is 12.6. The molecule has 8 heterocycles. The Labute approximate surface area is 419 Å². The van der Waals surface area contributed by atoms with E-state index in [2.05, 4.69) is 154 Å². The lowest BCUT2D eigenvalue weighted by Crippen LogP contribution is -2.50. The van der Waals surface area contributed by atoms with Gasteiger partial charge in [0.2, 0.25) is 5.91 Å². The number of likely N-dealkylation sites (tertiary alicyclic amines) is 1. The van der Waals surface area contributed by atoms with E-state index in [1.165, 1.54) is 86.1 Å². The fraction of sp³-hybridized carbons (Fsp3) is 0.463. The predicted molar refractivity (Wildman–Crippen MR) is 285 cm³/mol. The number of hydrogen-bond acceptors (Lipinski definition) is 9. The van der Waals surface area contributed by atoms with Crippen LogP contribution in [0, 0.1) is 41.5 Å². The van der Waals surface area contributed by atoms with Crippen LogP contribution in [0.2, 0.25) is 0 Å². The van der Waals surface area contributed by atoms with Gasteiger partial charge in [-0.05, 0) is 154 Å². The summed E-state index contributed by atoms with van der Waals surface area (Å²) in [5.41, 5.74) is 12.2. The van der Waals surface area contributed by atoms with Gasteiger partial charge in [0, 0.05) is 72.2 Å². The summed E-state index contributed by atoms with van der Waals surface area (Å²) in [5, 5.41) is 17.4. The van der Waals surface area contributed by atoms with Crippen molar-refractivity contribution in [1.82, 2.24) is 55.0 Å². The highest BCUT2D eigenvalue weighted by molar-refractivity contribution is 7.19. The summed E-state index contributed by atoms with van der Waals surface area (Å²) < 4.78 is 0. The van der Waals surface area contributed by atoms with Gasteiger partial charge in [-0.3, -0.25) is 19.9 Å². The Morgan fingerprint density at radius 2 is 1.04 bits per heavy atom. The van der Waals surface area contributed by atoms with Crippen LogP contribution in [-0.4, -0.2) is 119 Å². The third-order valence-electron chi connectivity index (χ3n) is 14.1. The highest BCUT2D eigenvalue weighted by Crippen LogP contribution is 2.44. The lowest BCUT2D eigenvalue weighted by Gasteiger charge is -2.35. The number of aromatic amines is 4. The molecule has 0 spiro atoms. The second-order valence-electron chi connectivity index (χ2n) is 20.6. The van der Waals surface area contributed by atoms with Crippen LogP contribution in [0.25, 0.3) is 42.9 Å². The summed E-state index contributed by atoms with van der Waals surface area (Å²) in [5.74, 6) is 4.23. The number of rotatable bonds is 13. The molecule has 2 saturated heterocycles. The first-order valence-electron chi connectivity index (χ1n) is 24.5. The number of carbonyl (C=O) groups is 1. The van der Waals surface area contributed by atoms with Crippen LogP contribution in [0.1, 0.15) is 107 Å². The number of thiophene rings is 2. The Morgan fingerprint density at radius 1 is 0.609 bits per heavy atom. The van der Waals surface area contributed by atoms with Crippen molar-refractivity contribution < 1.29 is 4.79 Å². The van der Waals surface area contributed by atoms with Gasteiger partial charge in [0.05, 0.1) is 28.8 Å². The topological polar surface area (TPSA) is 142 Å². The van der Waals surface area contributed by atoms with Gasteiger partial charge in [-0.25, -0.2) is 9.97 Å². The number of H-pyrrole nitrogens is 4. The van der Waals surface area contributed by atoms with Crippen LogP contribution in [0.3, 0.4) is 0 Å². The maximum absolute atomic E-state index is 12.6. The number of carbonyl (C=O) groups excluding carboxylic acids is 1. The Hall–Kier alpha value is -5.12. The lowest BCUT2D eigenvalue weighted by molar-refractivity contribution is -0.131. The highest BCUT2D eigenvalue weighted by Gasteiger charge is 2.33. The van der Waals surface area contributed by atoms with Crippen molar-refractivity contribution in [2.75, 3.05) is 58.2 Å². The van der Waals surface area contributed by atoms with Crippen molar-refractivity contribution in [3.8, 4) is 22.5 Å². The number of halogens is 1. The standard InChI is InChI=1S/C32H43N7OS.C22H25ClN4S/c1-21-16-22(2)18-24(17-21)29-25(8-11-37-12-14-38(15-13-37)20-28(40)39-9-6-7-10-39)26-19-27(41-30(26)34-29)32(4,5)31-33-23(3)35-36-31;1-12-8-13(2)10-15(9-12)19-16(6-7-23)17-11-18(28-20(17)25-19)22(4,5)21-24-14(3)26-27-21/h16-19,34H,6-15,20H2,1-5H3,(H,33,35,36);8-11,25H,6-7H2,1-5H3,(H,24,26,27). The van der Waals surface area contributed by atoms with Gasteiger partial charge >= 0.3 is 0 Å². The molecule has 1 amide bonds. The molecule has 0 saturated carbocycles. The van der Waals surface area contributed by atoms with Crippen LogP contribution < -0.4 is 0 Å². The average molecular weight is 987 g/mol. The molecule has 69 heavy (non-hydrogen) atoms. The van der Waals surface area contributed by atoms with Gasteiger partial charge in [-0.1, -0.05) is 34.4 Å². The maximum Gasteiger partial charge on any atom is 0.236 e. The minimum Gasteiger partial charge on any atom is -0.346 e. The molecule has 6 aromatic heterocycles. The number of benzene rings is 2. The minimum absolute atomic E-state index is 0.256. The lowest BCUT2D eigenvalue weighted by atomic mass is 9.90. The predicted octanol–water partition coefficient (Wildman–Crippen LogP) is 11.1. The van der Waals surface area contributed by atoms with Crippen molar-refractivity contribution >= 4 is 60.6 Å². The van der Waals surface area contributed by atoms with E-state index in [1.54, 1.807) is 11.3 Å². The molecule has 4 N–H and O–H groups in total. The van der Waals surface area contributed by atoms with E-state index >= 15 is 0 Å². The fourth-order valence-corrected chi connectivity index (χ4v) is 12.8. The van der Waals surface area contributed by atoms with Crippen molar-refractivity contribution in [3.63, 3.8) is 0 Å². The van der Waals surface area contributed by atoms with Crippen LogP contribution >= 0.6 is 34.3 Å². The Bertz CT molecular complexity index is 3050. The summed E-state index contributed by atoms with van der Waals surface area (Å²) in [6.07, 6.45) is 4.11. The first-order chi connectivity index (χ1) is 33.0. The zero-order valence-corrected chi connectivity index (χ0v) is 44.4. The molecular weight excluding hydrogens is 918 g/mol. The van der Waals surface area contributed by atoms with Crippen LogP contribution in [0.5, 0.6) is 0 Å². The Morgan fingerprint density at radius 3 is 1.46 bits per heavy atom. The highest BCUT2D eigenvalue weighted by atomic mass is 35.5. The first kappa shape index (κ1) is 48.9. The first-order valence-corrected chi connectivity index (χ1v) is 26.7. The molecule has 2 aliphatic heterocycles. The third-order valence-corrected chi connectivity index (χ3v) is 17.0. The van der Waals surface area contributed by atoms with E-state index in [0.717, 1.165) is 94.8 Å². The number of hydrogen-bond donors (Lipinski definition) is 4. The molecule has 2 aromatic carbocycles. The molecule has 0 atom stereocenters. The second kappa shape index (κ2) is 19.9. The van der Waals surface area contributed by atoms with Gasteiger partial charge in [0.1, 0.15) is 21.3 Å². The minimum atomic E-state index is -0.282. The van der Waals surface area contributed by atoms with Crippen molar-refractivity contribution in [1.29, 1.82) is 0 Å². The number of amides is 1. The zero-order valence-electron chi connectivity index (χ0n) is 42.0. The average Bonchev–Trinajstić information content (AvgIpc) is 4.16. The number of nitrogens with zero attached hydrogens (tertiary/aromatic N) is 7. The number of fused-ring (bicyclic) bond motifs is 2. The molecule has 0 bridgehead atoms. The van der Waals surface area contributed by atoms with Gasteiger partial charge in [0.25, 0.3) is 0 Å². The molecule has 0 radical (unpaired) electrons. The largest absolute Gasteiger partial charge is 0.346 e. The van der Waals surface area contributed by atoms with E-state index in [-0.39, 0.29) is 10.8 Å². The number of aryl methyl sites for hydroxylation is 7. The zero-order chi connectivity index (χ0) is 48.8. The summed E-state index contributed by atoms with van der Waals surface area (Å²) in [7, 11) is 0. The van der Waals surface area contributed by atoms with Gasteiger partial charge in [-0.2, -0.15) is 10.2 Å². The normalized spacial score (nSPS) is 15.2. The van der Waals surface area contributed by atoms with Gasteiger partial charge < -0.3 is 19.8 Å². The molecule has 2 fully saturated rings. The molecule has 10 rings (SSSR count). The van der Waals surface area contributed by atoms with Crippen molar-refractivity contribution in [2.24, 2.45) is 0 Å². The second-order valence-corrected chi connectivity index (χ2v) is 23.0. The molecular formula is C54H68ClN11OS2. The number of alkyl halides is 1. The SMILES string of the molecule is Cc1cc(C)cc(-c2[nH]c3sc(C(C)(C)c4n[nH]c(C)n4)cc3c2CCCl)c1.Cc1cc(C)cc(-c2[nH]c3sc(C(C)(C)c4n[nH]c(C)n4)cc3c2CCN2CCN(CC(=O)N3CCCC3)CC2)c1. The summed E-state index contributed by atoms with van der Waals surface area (Å²) in [6, 6.07) is 18.2. The van der Waals surface area contributed by atoms with Crippen LogP contribution in [-0.2, 0) is 28.5 Å². The quantitative estimate of drug-likeness (QED) is 0.0843. The molecule has 0 aliphatic carbocycles. The van der Waals surface area contributed by atoms with E-state index in [4.69, 9.17) is 11.6 Å². The summed E-state index contributed by atoms with van der Waals surface area (Å²) >= 11 is 9.77. The van der Waals surface area contributed by atoms with Crippen LogP contribution in [0.4, 0.5) is 0 Å². The number of aromatic nitrogens is 8. The molecule has 12 nitrogen and oxygen atoms in total. The third kappa shape index (κ3) is 10.4. The molecule has 364 valence electrons. The molecule has 8 aromatic rings. The van der Waals surface area contributed by atoms with E-state index in [0.29, 0.717) is 18.3 Å². The number of piperazine rings is 1. The van der Waals surface area contributed by atoms with E-state index in [1.807, 2.05) is 30.1 Å². The van der Waals surface area contributed by atoms with Crippen molar-refractivity contribution in [2.45, 2.75) is 106 Å². The summed E-state index contributed by atoms with van der Waals surface area (Å²) in [6.45, 7) is 28.7. The Balaban J connectivity index is 0.000000185. The number of nitrogens with one attached hydrogen (secondary N) is 4.